The number of hydrogen-bond donors (Lipinski definition) is 2. The second kappa shape index (κ2) is 9.64. The molecule has 2 aromatic heterocycles. The maximum Gasteiger partial charge on any atom is 0.266 e. The summed E-state index contributed by atoms with van der Waals surface area (Å²) in [5.41, 5.74) is 4.36. The number of aromatic nitrogens is 2. The second-order valence-corrected chi connectivity index (χ2v) is 10.0. The highest BCUT2D eigenvalue weighted by atomic mass is 35.5. The minimum absolute atomic E-state index is 0.300. The highest BCUT2D eigenvalue weighted by Crippen LogP contribution is 2.29. The van der Waals surface area contributed by atoms with Gasteiger partial charge in [-0.3, -0.25) is 19.0 Å². The summed E-state index contributed by atoms with van der Waals surface area (Å²) in [7, 11) is 0. The van der Waals surface area contributed by atoms with Gasteiger partial charge < -0.3 is 10.6 Å². The monoisotopic (exact) mass is 508 g/mol. The predicted octanol–water partition coefficient (Wildman–Crippen LogP) is 5.80. The van der Waals surface area contributed by atoms with Crippen LogP contribution in [0.2, 0.25) is 5.02 Å². The van der Waals surface area contributed by atoms with E-state index < -0.39 is 6.04 Å². The smallest absolute Gasteiger partial charge is 0.266 e. The van der Waals surface area contributed by atoms with Crippen molar-refractivity contribution in [2.45, 2.75) is 40.7 Å². The zero-order valence-corrected chi connectivity index (χ0v) is 21.6. The molecule has 2 N–H and O–H groups in total. The van der Waals surface area contributed by atoms with Gasteiger partial charge in [0.05, 0.1) is 16.6 Å². The lowest BCUT2D eigenvalue weighted by Gasteiger charge is -2.16. The summed E-state index contributed by atoms with van der Waals surface area (Å²) in [6.45, 7) is 9.12. The number of fused-ring (bicyclic) bond motifs is 1. The molecule has 0 radical (unpaired) electrons. The van der Waals surface area contributed by atoms with Gasteiger partial charge in [0.15, 0.2) is 0 Å². The van der Waals surface area contributed by atoms with Gasteiger partial charge in [-0.2, -0.15) is 0 Å². The molecule has 0 saturated heterocycles. The average Bonchev–Trinajstić information content (AvgIpc) is 3.15. The first kappa shape index (κ1) is 24.6. The molecule has 2 amide bonds. The number of hydrogen-bond acceptors (Lipinski definition) is 5. The summed E-state index contributed by atoms with van der Waals surface area (Å²) >= 11 is 7.21. The summed E-state index contributed by atoms with van der Waals surface area (Å²) in [4.78, 5) is 44.5. The van der Waals surface area contributed by atoms with Gasteiger partial charge in [-0.05, 0) is 69.5 Å². The number of aryl methyl sites for hydroxylation is 4. The fraction of sp³-hybridized carbons (Fsp3) is 0.231. The number of carbonyl (C=O) groups is 2. The molecule has 0 bridgehead atoms. The Morgan fingerprint density at radius 2 is 1.74 bits per heavy atom. The standard InChI is InChI=1S/C26H25ClN4O3S/c1-13-6-9-19(15(3)10-13)29-24(33)22-16(4)21-25(35-22)28-12-31(26(21)34)17(5)23(32)30-20-11-18(27)8-7-14(20)2/h6-12,17H,1-5H3,(H,29,33)(H,30,32). The molecular weight excluding hydrogens is 484 g/mol. The van der Waals surface area contributed by atoms with Gasteiger partial charge in [0.25, 0.3) is 11.5 Å². The molecule has 4 aromatic rings. The van der Waals surface area contributed by atoms with E-state index in [4.69, 9.17) is 11.6 Å². The van der Waals surface area contributed by atoms with Crippen molar-refractivity contribution in [3.63, 3.8) is 0 Å². The van der Waals surface area contributed by atoms with Crippen molar-refractivity contribution in [3.8, 4) is 0 Å². The number of amides is 2. The Morgan fingerprint density at radius 3 is 2.46 bits per heavy atom. The molecular formula is C26H25ClN4O3S. The quantitative estimate of drug-likeness (QED) is 0.356. The van der Waals surface area contributed by atoms with E-state index >= 15 is 0 Å². The number of benzene rings is 2. The van der Waals surface area contributed by atoms with Gasteiger partial charge in [0, 0.05) is 16.4 Å². The van der Waals surface area contributed by atoms with Crippen LogP contribution in [0.25, 0.3) is 10.2 Å². The summed E-state index contributed by atoms with van der Waals surface area (Å²) in [6, 6.07) is 10.2. The maximum absolute atomic E-state index is 13.4. The highest BCUT2D eigenvalue weighted by molar-refractivity contribution is 7.20. The predicted molar refractivity (Wildman–Crippen MR) is 142 cm³/mol. The fourth-order valence-electron chi connectivity index (χ4n) is 3.85. The van der Waals surface area contributed by atoms with Gasteiger partial charge in [0.1, 0.15) is 10.9 Å². The summed E-state index contributed by atoms with van der Waals surface area (Å²) in [5, 5.41) is 6.59. The number of anilines is 2. The molecule has 0 saturated carbocycles. The molecule has 9 heteroatoms. The van der Waals surface area contributed by atoms with Crippen LogP contribution < -0.4 is 16.2 Å². The highest BCUT2D eigenvalue weighted by Gasteiger charge is 2.23. The van der Waals surface area contributed by atoms with Crippen LogP contribution in [0.3, 0.4) is 0 Å². The summed E-state index contributed by atoms with van der Waals surface area (Å²) in [5.74, 6) is -0.676. The lowest BCUT2D eigenvalue weighted by molar-refractivity contribution is -0.118. The van der Waals surface area contributed by atoms with E-state index in [2.05, 4.69) is 15.6 Å². The number of halogens is 1. The Kier molecular flexibility index (Phi) is 6.78. The van der Waals surface area contributed by atoms with E-state index in [-0.39, 0.29) is 17.4 Å². The minimum Gasteiger partial charge on any atom is -0.324 e. The molecule has 2 aromatic carbocycles. The zero-order chi connectivity index (χ0) is 25.4. The molecule has 0 aliphatic rings. The molecule has 1 atom stereocenters. The Bertz CT molecular complexity index is 1540. The topological polar surface area (TPSA) is 93.1 Å². The first-order chi connectivity index (χ1) is 16.6. The lowest BCUT2D eigenvalue weighted by atomic mass is 10.1. The largest absolute Gasteiger partial charge is 0.324 e. The number of rotatable bonds is 5. The second-order valence-electron chi connectivity index (χ2n) is 8.59. The number of nitrogens with zero attached hydrogens (tertiary/aromatic N) is 2. The lowest BCUT2D eigenvalue weighted by Crippen LogP contribution is -2.32. The molecule has 0 aliphatic carbocycles. The van der Waals surface area contributed by atoms with Crippen molar-refractivity contribution < 1.29 is 9.59 Å². The van der Waals surface area contributed by atoms with Crippen LogP contribution in [-0.2, 0) is 4.79 Å². The number of carbonyl (C=O) groups excluding carboxylic acids is 2. The van der Waals surface area contributed by atoms with E-state index in [0.29, 0.717) is 37.1 Å². The minimum atomic E-state index is -0.829. The maximum atomic E-state index is 13.4. The van der Waals surface area contributed by atoms with Crippen LogP contribution in [0.1, 0.15) is 44.9 Å². The van der Waals surface area contributed by atoms with Crippen molar-refractivity contribution in [2.75, 3.05) is 10.6 Å². The third kappa shape index (κ3) is 4.85. The van der Waals surface area contributed by atoms with Gasteiger partial charge in [-0.15, -0.1) is 11.3 Å². The molecule has 4 rings (SSSR count). The van der Waals surface area contributed by atoms with Crippen LogP contribution in [0.15, 0.2) is 47.5 Å². The SMILES string of the molecule is Cc1ccc(NC(=O)c2sc3ncn(C(C)C(=O)Nc4cc(Cl)ccc4C)c(=O)c3c2C)c(C)c1. The van der Waals surface area contributed by atoms with Crippen molar-refractivity contribution in [1.29, 1.82) is 0 Å². The molecule has 0 fully saturated rings. The third-order valence-electron chi connectivity index (χ3n) is 5.97. The Balaban J connectivity index is 1.64. The van der Waals surface area contributed by atoms with Crippen LogP contribution in [-0.4, -0.2) is 21.4 Å². The molecule has 2 heterocycles. The molecule has 0 aliphatic heterocycles. The van der Waals surface area contributed by atoms with Crippen molar-refractivity contribution in [3.05, 3.63) is 85.2 Å². The van der Waals surface area contributed by atoms with Gasteiger partial charge in [0.2, 0.25) is 5.91 Å². The van der Waals surface area contributed by atoms with Gasteiger partial charge in [-0.25, -0.2) is 4.98 Å². The van der Waals surface area contributed by atoms with E-state index in [1.165, 1.54) is 10.9 Å². The Hall–Kier alpha value is -3.49. The first-order valence-corrected chi connectivity index (χ1v) is 12.2. The number of thiophene rings is 1. The van der Waals surface area contributed by atoms with Crippen LogP contribution in [0.5, 0.6) is 0 Å². The normalized spacial score (nSPS) is 11.9. The third-order valence-corrected chi connectivity index (χ3v) is 7.40. The van der Waals surface area contributed by atoms with Crippen LogP contribution in [0, 0.1) is 27.7 Å². The Morgan fingerprint density at radius 1 is 1.00 bits per heavy atom. The van der Waals surface area contributed by atoms with Crippen molar-refractivity contribution in [1.82, 2.24) is 9.55 Å². The van der Waals surface area contributed by atoms with E-state index in [0.717, 1.165) is 28.0 Å². The average molecular weight is 509 g/mol. The molecule has 35 heavy (non-hydrogen) atoms. The zero-order valence-electron chi connectivity index (χ0n) is 20.0. The van der Waals surface area contributed by atoms with E-state index in [1.54, 1.807) is 26.0 Å². The van der Waals surface area contributed by atoms with Crippen LogP contribution in [0.4, 0.5) is 11.4 Å². The molecule has 1 unspecified atom stereocenters. The van der Waals surface area contributed by atoms with Gasteiger partial charge in [-0.1, -0.05) is 35.4 Å². The van der Waals surface area contributed by atoms with Gasteiger partial charge >= 0.3 is 0 Å². The van der Waals surface area contributed by atoms with E-state index in [1.807, 2.05) is 45.0 Å². The molecule has 0 spiro atoms. The summed E-state index contributed by atoms with van der Waals surface area (Å²) < 4.78 is 1.28. The number of nitrogens with one attached hydrogen (secondary N) is 2. The molecule has 180 valence electrons. The first-order valence-electron chi connectivity index (χ1n) is 11.0. The van der Waals surface area contributed by atoms with Crippen molar-refractivity contribution >= 4 is 56.3 Å². The van der Waals surface area contributed by atoms with Crippen molar-refractivity contribution in [2.24, 2.45) is 0 Å². The molecule has 7 nitrogen and oxygen atoms in total. The Labute approximate surface area is 211 Å². The fourth-order valence-corrected chi connectivity index (χ4v) is 5.06. The van der Waals surface area contributed by atoms with Crippen LogP contribution >= 0.6 is 22.9 Å². The summed E-state index contributed by atoms with van der Waals surface area (Å²) in [6.07, 6.45) is 1.35. The van der Waals surface area contributed by atoms with E-state index in [9.17, 15) is 14.4 Å².